The van der Waals surface area contributed by atoms with Gasteiger partial charge in [-0.15, -0.1) is 0 Å². The molecule has 4 atom stereocenters. The number of likely N-dealkylation sites (N-methyl/N-ethyl adjacent to an activating group) is 1. The summed E-state index contributed by atoms with van der Waals surface area (Å²) >= 11 is 0. The van der Waals surface area contributed by atoms with E-state index in [9.17, 15) is 34.8 Å². The summed E-state index contributed by atoms with van der Waals surface area (Å²) in [4.78, 5) is 40.8. The number of aliphatic hydroxyl groups is 3. The van der Waals surface area contributed by atoms with E-state index in [1.165, 1.54) is 23.6 Å². The first-order chi connectivity index (χ1) is 19.9. The van der Waals surface area contributed by atoms with Crippen LogP contribution in [0.25, 0.3) is 5.76 Å². The van der Waals surface area contributed by atoms with Crippen LogP contribution in [-0.4, -0.2) is 82.2 Å². The van der Waals surface area contributed by atoms with Crippen molar-refractivity contribution in [3.8, 4) is 11.5 Å². The number of phenolic OH excluding ortho intramolecular Hbond substituents is 1. The van der Waals surface area contributed by atoms with Crippen LogP contribution in [0.5, 0.6) is 11.5 Å². The molecule has 11 heteroatoms. The Hall–Kier alpha value is -4.19. The largest absolute Gasteiger partial charge is 0.508 e. The minimum atomic E-state index is -2.67. The number of fused-ring (bicyclic) bond motifs is 3. The summed E-state index contributed by atoms with van der Waals surface area (Å²) in [5, 5.41) is 48.4. The summed E-state index contributed by atoms with van der Waals surface area (Å²) < 4.78 is 5.75. The molecule has 0 unspecified atom stereocenters. The van der Waals surface area contributed by atoms with Gasteiger partial charge in [-0.1, -0.05) is 30.3 Å². The molecule has 2 aromatic rings. The van der Waals surface area contributed by atoms with Crippen LogP contribution in [0.4, 0.5) is 0 Å². The molecular formula is C31H35N3O8. The number of benzene rings is 2. The summed E-state index contributed by atoms with van der Waals surface area (Å²) in [5.74, 6) is -6.43. The van der Waals surface area contributed by atoms with Gasteiger partial charge in [-0.05, 0) is 57.5 Å². The molecule has 42 heavy (non-hydrogen) atoms. The average Bonchev–Trinajstić information content (AvgIpc) is 2.93. The first-order valence-corrected chi connectivity index (χ1v) is 13.7. The van der Waals surface area contributed by atoms with Crippen molar-refractivity contribution in [3.63, 3.8) is 0 Å². The number of hydrogen-bond donors (Lipinski definition) is 6. The molecule has 1 saturated carbocycles. The summed E-state index contributed by atoms with van der Waals surface area (Å²) in [6, 6.07) is 10.3. The highest BCUT2D eigenvalue weighted by molar-refractivity contribution is 6.24. The number of aliphatic hydroxyl groups excluding tert-OH is 2. The Morgan fingerprint density at radius 3 is 2.48 bits per heavy atom. The Kier molecular flexibility index (Phi) is 7.61. The number of ether oxygens (including phenoxy) is 1. The maximum absolute atomic E-state index is 13.9. The van der Waals surface area contributed by atoms with Crippen molar-refractivity contribution in [2.45, 2.75) is 37.5 Å². The smallest absolute Gasteiger partial charge is 0.255 e. The molecule has 0 spiro atoms. The zero-order valence-electron chi connectivity index (χ0n) is 23.7. The van der Waals surface area contributed by atoms with Gasteiger partial charge in [0.05, 0.1) is 18.7 Å². The van der Waals surface area contributed by atoms with E-state index in [0.717, 1.165) is 6.42 Å². The van der Waals surface area contributed by atoms with Gasteiger partial charge in [0.2, 0.25) is 5.78 Å². The fourth-order valence-electron chi connectivity index (χ4n) is 6.84. The minimum absolute atomic E-state index is 0.00354. The predicted octanol–water partition coefficient (Wildman–Crippen LogP) is 1.30. The van der Waals surface area contributed by atoms with Gasteiger partial charge in [0.25, 0.3) is 5.91 Å². The molecule has 0 radical (unpaired) electrons. The van der Waals surface area contributed by atoms with Crippen molar-refractivity contribution in [1.29, 1.82) is 0 Å². The van der Waals surface area contributed by atoms with Crippen LogP contribution in [-0.2, 0) is 33.8 Å². The normalized spacial score (nSPS) is 25.3. The quantitative estimate of drug-likeness (QED) is 0.198. The molecule has 0 heterocycles. The maximum atomic E-state index is 13.9. The first kappa shape index (κ1) is 29.3. The lowest BCUT2D eigenvalue weighted by molar-refractivity contribution is -0.153. The number of nitrogens with one attached hydrogen (secondary N) is 1. The first-order valence-electron chi connectivity index (χ1n) is 13.7. The van der Waals surface area contributed by atoms with E-state index in [1.807, 2.05) is 30.3 Å². The highest BCUT2D eigenvalue weighted by atomic mass is 16.5. The lowest BCUT2D eigenvalue weighted by Crippen LogP contribution is -2.65. The molecule has 1 amide bonds. The van der Waals surface area contributed by atoms with E-state index in [-0.39, 0.29) is 29.7 Å². The summed E-state index contributed by atoms with van der Waals surface area (Å²) in [6.45, 7) is 1.04. The topological polar surface area (TPSA) is 183 Å². The molecule has 1 fully saturated rings. The van der Waals surface area contributed by atoms with E-state index < -0.39 is 58.0 Å². The number of primary amides is 1. The molecule has 11 nitrogen and oxygen atoms in total. The Balaban J connectivity index is 1.54. The Morgan fingerprint density at radius 2 is 1.86 bits per heavy atom. The lowest BCUT2D eigenvalue weighted by Gasteiger charge is -2.50. The number of rotatable bonds is 8. The second-order valence-electron chi connectivity index (χ2n) is 11.3. The van der Waals surface area contributed by atoms with Crippen molar-refractivity contribution in [3.05, 3.63) is 75.6 Å². The lowest BCUT2D eigenvalue weighted by atomic mass is 9.57. The number of methoxy groups -OCH3 is 1. The molecule has 222 valence electrons. The van der Waals surface area contributed by atoms with Crippen LogP contribution in [0.1, 0.15) is 28.7 Å². The standard InChI is InChI=1S/C31H35N3O8/c1-34(2)24-19-12-16-11-18-22(25(36)21(16)28(38)31(19,41)29(39)23(26(24)37)30(32)40)20(35)13-17(27(18)42-3)14-33-10-9-15-7-5-4-6-8-15/h4-8,13,16,19,24,33,35-36,39,41H,9-12,14H2,1-3H3,(H2,32,40)/t16-,19-,24-,31-/m0/s1. The Bertz CT molecular complexity index is 1530. The molecular weight excluding hydrogens is 542 g/mol. The number of nitrogens with zero attached hydrogens (tertiary/aromatic N) is 1. The van der Waals surface area contributed by atoms with Crippen LogP contribution in [0.3, 0.4) is 0 Å². The molecule has 2 aromatic carbocycles. The van der Waals surface area contributed by atoms with Gasteiger partial charge in [0, 0.05) is 29.2 Å². The highest BCUT2D eigenvalue weighted by Crippen LogP contribution is 2.54. The second-order valence-corrected chi connectivity index (χ2v) is 11.3. The number of nitrogens with two attached hydrogens (primary N) is 1. The SMILES string of the molecule is COc1c(CNCCc2ccccc2)cc(O)c2c1C[C@H]1C[C@H]3[C@H](N(C)C)C(=O)C(C(N)=O)=C(O)[C@@]3(O)C(=O)C1=C2O. The third kappa shape index (κ3) is 4.44. The Morgan fingerprint density at radius 1 is 1.17 bits per heavy atom. The van der Waals surface area contributed by atoms with E-state index >= 15 is 0 Å². The van der Waals surface area contributed by atoms with Gasteiger partial charge in [-0.2, -0.15) is 0 Å². The summed E-state index contributed by atoms with van der Waals surface area (Å²) in [6.07, 6.45) is 0.963. The van der Waals surface area contributed by atoms with E-state index in [4.69, 9.17) is 10.5 Å². The molecule has 0 aromatic heterocycles. The summed E-state index contributed by atoms with van der Waals surface area (Å²) in [5.41, 5.74) is 3.97. The number of ketones is 2. The van der Waals surface area contributed by atoms with Crippen molar-refractivity contribution in [2.24, 2.45) is 17.6 Å². The van der Waals surface area contributed by atoms with Crippen LogP contribution < -0.4 is 15.8 Å². The third-order valence-corrected chi connectivity index (χ3v) is 8.70. The number of carbonyl (C=O) groups is 3. The number of aromatic hydroxyl groups is 1. The maximum Gasteiger partial charge on any atom is 0.255 e. The van der Waals surface area contributed by atoms with Crippen molar-refractivity contribution < 1.29 is 39.5 Å². The van der Waals surface area contributed by atoms with Gasteiger partial charge in [0.15, 0.2) is 11.4 Å². The number of carbonyl (C=O) groups excluding carboxylic acids is 3. The number of hydrogen-bond acceptors (Lipinski definition) is 10. The number of Topliss-reactive ketones (excluding diaryl/α,β-unsaturated/α-hetero) is 2. The van der Waals surface area contributed by atoms with Crippen molar-refractivity contribution >= 4 is 23.2 Å². The van der Waals surface area contributed by atoms with Gasteiger partial charge in [0.1, 0.15) is 28.6 Å². The number of phenols is 1. The van der Waals surface area contributed by atoms with Crippen LogP contribution in [0.15, 0.2) is 53.3 Å². The molecule has 0 bridgehead atoms. The average molecular weight is 578 g/mol. The molecule has 3 aliphatic carbocycles. The minimum Gasteiger partial charge on any atom is -0.508 e. The van der Waals surface area contributed by atoms with Crippen LogP contribution in [0, 0.1) is 11.8 Å². The van der Waals surface area contributed by atoms with Gasteiger partial charge < -0.3 is 36.2 Å². The van der Waals surface area contributed by atoms with Crippen molar-refractivity contribution in [1.82, 2.24) is 10.2 Å². The van der Waals surface area contributed by atoms with E-state index in [0.29, 0.717) is 30.0 Å². The molecule has 0 aliphatic heterocycles. The highest BCUT2D eigenvalue weighted by Gasteiger charge is 2.64. The van der Waals surface area contributed by atoms with Crippen molar-refractivity contribution in [2.75, 3.05) is 27.7 Å². The summed E-state index contributed by atoms with van der Waals surface area (Å²) in [7, 11) is 4.61. The molecule has 0 saturated heterocycles. The zero-order chi connectivity index (χ0) is 30.5. The monoisotopic (exact) mass is 577 g/mol. The Labute approximate surface area is 242 Å². The fraction of sp³-hybridized carbons (Fsp3) is 0.387. The van der Waals surface area contributed by atoms with Crippen LogP contribution >= 0.6 is 0 Å². The molecule has 5 rings (SSSR count). The fourth-order valence-corrected chi connectivity index (χ4v) is 6.84. The molecule has 7 N–H and O–H groups in total. The molecule has 3 aliphatic rings. The van der Waals surface area contributed by atoms with Gasteiger partial charge in [-0.3, -0.25) is 19.3 Å². The number of amides is 1. The predicted molar refractivity (Wildman–Crippen MR) is 153 cm³/mol. The van der Waals surface area contributed by atoms with Gasteiger partial charge in [-0.25, -0.2) is 0 Å². The second kappa shape index (κ2) is 10.9. The van der Waals surface area contributed by atoms with Gasteiger partial charge >= 0.3 is 0 Å². The van der Waals surface area contributed by atoms with E-state index in [2.05, 4.69) is 5.32 Å². The zero-order valence-corrected chi connectivity index (χ0v) is 23.7. The third-order valence-electron chi connectivity index (χ3n) is 8.70. The van der Waals surface area contributed by atoms with Crippen LogP contribution in [0.2, 0.25) is 0 Å². The van der Waals surface area contributed by atoms with E-state index in [1.54, 1.807) is 14.1 Å².